The van der Waals surface area contributed by atoms with Gasteiger partial charge in [0.25, 0.3) is 0 Å². The predicted octanol–water partition coefficient (Wildman–Crippen LogP) is 4.76. The lowest BCUT2D eigenvalue weighted by atomic mass is 10.1. The molecule has 2 aromatic carbocycles. The molecular weight excluding hydrogens is 212 g/mol. The molecule has 0 unspecified atom stereocenters. The lowest BCUT2D eigenvalue weighted by Gasteiger charge is -2.08. The molecule has 0 aliphatic rings. The fourth-order valence-corrected chi connectivity index (χ4v) is 2.72. The summed E-state index contributed by atoms with van der Waals surface area (Å²) in [5.41, 5.74) is 4.15. The first-order valence-corrected chi connectivity index (χ1v) is 6.29. The number of benzene rings is 2. The molecule has 0 N–H and O–H groups in total. The van der Waals surface area contributed by atoms with Crippen molar-refractivity contribution >= 4 is 11.8 Å². The molecule has 2 aromatic rings. The van der Waals surface area contributed by atoms with Crippen LogP contribution in [0, 0.1) is 20.8 Å². The minimum Gasteiger partial charge on any atom is -0.0901 e. The summed E-state index contributed by atoms with van der Waals surface area (Å²) in [5.74, 6) is 0. The van der Waals surface area contributed by atoms with Crippen LogP contribution in [0.3, 0.4) is 0 Å². The van der Waals surface area contributed by atoms with E-state index in [9.17, 15) is 0 Å². The molecule has 0 saturated heterocycles. The maximum atomic E-state index is 2.26. The third kappa shape index (κ3) is 2.48. The molecule has 0 saturated carbocycles. The average molecular weight is 228 g/mol. The number of hydrogen-bond acceptors (Lipinski definition) is 1. The van der Waals surface area contributed by atoms with Crippen LogP contribution in [0.1, 0.15) is 16.7 Å². The molecule has 0 aliphatic carbocycles. The molecule has 1 heteroatoms. The molecular formula is C15H16S. The summed E-state index contributed by atoms with van der Waals surface area (Å²) in [6, 6.07) is 15.0. The van der Waals surface area contributed by atoms with Crippen LogP contribution in [0.15, 0.2) is 52.3 Å². The molecule has 82 valence electrons. The Labute approximate surface area is 102 Å². The molecule has 0 fully saturated rings. The second kappa shape index (κ2) is 4.75. The molecule has 0 aliphatic heterocycles. The summed E-state index contributed by atoms with van der Waals surface area (Å²) in [6.07, 6.45) is 0. The molecule has 0 radical (unpaired) electrons. The second-order valence-electron chi connectivity index (χ2n) is 4.10. The highest BCUT2D eigenvalue weighted by molar-refractivity contribution is 7.99. The highest BCUT2D eigenvalue weighted by atomic mass is 32.2. The molecule has 0 atom stereocenters. The van der Waals surface area contributed by atoms with Gasteiger partial charge in [0, 0.05) is 9.79 Å². The van der Waals surface area contributed by atoms with Gasteiger partial charge in [-0.15, -0.1) is 0 Å². The number of rotatable bonds is 2. The van der Waals surface area contributed by atoms with Crippen LogP contribution in [0.25, 0.3) is 0 Å². The fourth-order valence-electron chi connectivity index (χ4n) is 1.68. The Morgan fingerprint density at radius 1 is 0.750 bits per heavy atom. The van der Waals surface area contributed by atoms with Crippen molar-refractivity contribution in [2.24, 2.45) is 0 Å². The van der Waals surface area contributed by atoms with Crippen molar-refractivity contribution in [3.8, 4) is 0 Å². The van der Waals surface area contributed by atoms with E-state index in [-0.39, 0.29) is 0 Å². The monoisotopic (exact) mass is 228 g/mol. The maximum absolute atomic E-state index is 2.26. The van der Waals surface area contributed by atoms with E-state index in [1.165, 1.54) is 26.5 Å². The summed E-state index contributed by atoms with van der Waals surface area (Å²) in [4.78, 5) is 2.62. The Morgan fingerprint density at radius 3 is 1.88 bits per heavy atom. The third-order valence-corrected chi connectivity index (χ3v) is 3.86. The Hall–Kier alpha value is -1.21. The molecule has 0 aromatic heterocycles. The molecule has 16 heavy (non-hydrogen) atoms. The summed E-state index contributed by atoms with van der Waals surface area (Å²) in [5, 5.41) is 0. The van der Waals surface area contributed by atoms with Crippen LogP contribution < -0.4 is 0 Å². The van der Waals surface area contributed by atoms with Gasteiger partial charge < -0.3 is 0 Å². The normalized spacial score (nSPS) is 10.4. The Balaban J connectivity index is 2.29. The van der Waals surface area contributed by atoms with Gasteiger partial charge in [-0.25, -0.2) is 0 Å². The summed E-state index contributed by atoms with van der Waals surface area (Å²) in [6.45, 7) is 6.54. The highest BCUT2D eigenvalue weighted by Gasteiger charge is 2.02. The maximum Gasteiger partial charge on any atom is 0.0127 e. The van der Waals surface area contributed by atoms with Gasteiger partial charge in [0.1, 0.15) is 0 Å². The van der Waals surface area contributed by atoms with E-state index < -0.39 is 0 Å². The Morgan fingerprint density at radius 2 is 1.31 bits per heavy atom. The van der Waals surface area contributed by atoms with E-state index in [1.807, 2.05) is 11.8 Å². The van der Waals surface area contributed by atoms with Gasteiger partial charge in [0.15, 0.2) is 0 Å². The lowest BCUT2D eigenvalue weighted by Crippen LogP contribution is -1.87. The standard InChI is InChI=1S/C15H16S/c1-11-9-15(10-12(2)13(11)3)16-14-7-5-4-6-8-14/h4-10H,1-3H3. The SMILES string of the molecule is Cc1cc(Sc2ccccc2)cc(C)c1C. The van der Waals surface area contributed by atoms with Gasteiger partial charge in [-0.3, -0.25) is 0 Å². The first kappa shape index (κ1) is 11.3. The first-order valence-electron chi connectivity index (χ1n) is 5.47. The zero-order chi connectivity index (χ0) is 11.5. The zero-order valence-corrected chi connectivity index (χ0v) is 10.8. The van der Waals surface area contributed by atoms with E-state index in [2.05, 4.69) is 63.2 Å². The van der Waals surface area contributed by atoms with E-state index >= 15 is 0 Å². The smallest absolute Gasteiger partial charge is 0.0127 e. The van der Waals surface area contributed by atoms with Crippen molar-refractivity contribution in [1.29, 1.82) is 0 Å². The van der Waals surface area contributed by atoms with E-state index in [1.54, 1.807) is 0 Å². The Kier molecular flexibility index (Phi) is 3.35. The predicted molar refractivity (Wildman–Crippen MR) is 71.2 cm³/mol. The second-order valence-corrected chi connectivity index (χ2v) is 5.24. The van der Waals surface area contributed by atoms with Crippen molar-refractivity contribution in [3.63, 3.8) is 0 Å². The van der Waals surface area contributed by atoms with Crippen molar-refractivity contribution in [2.45, 2.75) is 30.6 Å². The van der Waals surface area contributed by atoms with E-state index in [0.717, 1.165) is 0 Å². The summed E-state index contributed by atoms with van der Waals surface area (Å²) in [7, 11) is 0. The average Bonchev–Trinajstić information content (AvgIpc) is 2.27. The van der Waals surface area contributed by atoms with Crippen molar-refractivity contribution in [1.82, 2.24) is 0 Å². The zero-order valence-electron chi connectivity index (χ0n) is 9.95. The minimum atomic E-state index is 1.30. The summed E-state index contributed by atoms with van der Waals surface area (Å²) < 4.78 is 0. The lowest BCUT2D eigenvalue weighted by molar-refractivity contribution is 1.21. The van der Waals surface area contributed by atoms with Gasteiger partial charge >= 0.3 is 0 Å². The molecule has 0 heterocycles. The van der Waals surface area contributed by atoms with Crippen LogP contribution in [0.4, 0.5) is 0 Å². The third-order valence-electron chi connectivity index (χ3n) is 2.88. The molecule has 0 nitrogen and oxygen atoms in total. The van der Waals surface area contributed by atoms with Crippen LogP contribution >= 0.6 is 11.8 Å². The molecule has 0 bridgehead atoms. The van der Waals surface area contributed by atoms with Gasteiger partial charge in [-0.05, 0) is 61.7 Å². The molecule has 2 rings (SSSR count). The van der Waals surface area contributed by atoms with Gasteiger partial charge in [-0.2, -0.15) is 0 Å². The molecule has 0 spiro atoms. The minimum absolute atomic E-state index is 1.30. The topological polar surface area (TPSA) is 0 Å². The number of aryl methyl sites for hydroxylation is 2. The fraction of sp³-hybridized carbons (Fsp3) is 0.200. The quantitative estimate of drug-likeness (QED) is 0.714. The van der Waals surface area contributed by atoms with Crippen molar-refractivity contribution in [2.75, 3.05) is 0 Å². The van der Waals surface area contributed by atoms with E-state index in [0.29, 0.717) is 0 Å². The van der Waals surface area contributed by atoms with Crippen molar-refractivity contribution < 1.29 is 0 Å². The Bertz CT molecular complexity index is 463. The van der Waals surface area contributed by atoms with Gasteiger partial charge in [-0.1, -0.05) is 30.0 Å². The first-order chi connectivity index (χ1) is 7.66. The van der Waals surface area contributed by atoms with Crippen LogP contribution in [-0.4, -0.2) is 0 Å². The van der Waals surface area contributed by atoms with Crippen LogP contribution in [-0.2, 0) is 0 Å². The number of hydrogen-bond donors (Lipinski definition) is 0. The molecule has 0 amide bonds. The van der Waals surface area contributed by atoms with Crippen molar-refractivity contribution in [3.05, 3.63) is 59.2 Å². The van der Waals surface area contributed by atoms with Crippen LogP contribution in [0.2, 0.25) is 0 Å². The highest BCUT2D eigenvalue weighted by Crippen LogP contribution is 2.30. The van der Waals surface area contributed by atoms with E-state index in [4.69, 9.17) is 0 Å². The summed E-state index contributed by atoms with van der Waals surface area (Å²) >= 11 is 1.82. The largest absolute Gasteiger partial charge is 0.0901 e. The van der Waals surface area contributed by atoms with Gasteiger partial charge in [0.05, 0.1) is 0 Å². The van der Waals surface area contributed by atoms with Crippen LogP contribution in [0.5, 0.6) is 0 Å². The van der Waals surface area contributed by atoms with Gasteiger partial charge in [0.2, 0.25) is 0 Å².